The van der Waals surface area contributed by atoms with Gasteiger partial charge in [-0.2, -0.15) is 5.10 Å². The van der Waals surface area contributed by atoms with Crippen molar-refractivity contribution in [3.8, 4) is 0 Å². The normalized spacial score (nSPS) is 36.7. The minimum absolute atomic E-state index is 0.0641. The summed E-state index contributed by atoms with van der Waals surface area (Å²) in [5, 5.41) is 8.44. The molecule has 2 heterocycles. The number of hydrazone groups is 1. The van der Waals surface area contributed by atoms with Gasteiger partial charge in [0.15, 0.2) is 9.84 Å². The van der Waals surface area contributed by atoms with Crippen LogP contribution in [0.2, 0.25) is 0 Å². The van der Waals surface area contributed by atoms with Crippen LogP contribution < -0.4 is 5.32 Å². The predicted molar refractivity (Wildman–Crippen MR) is 125 cm³/mol. The highest BCUT2D eigenvalue weighted by Crippen LogP contribution is 2.60. The van der Waals surface area contributed by atoms with Gasteiger partial charge in [-0.15, -0.1) is 0 Å². The molecule has 2 amide bonds. The van der Waals surface area contributed by atoms with E-state index in [0.717, 1.165) is 23.4 Å². The number of rotatable bonds is 4. The molecule has 4 bridgehead atoms. The molecule has 176 valence electrons. The third-order valence-electron chi connectivity index (χ3n) is 8.67. The van der Waals surface area contributed by atoms with Crippen molar-refractivity contribution in [2.45, 2.75) is 69.2 Å². The number of carbonyl (C=O) groups is 2. The van der Waals surface area contributed by atoms with Crippen molar-refractivity contribution in [3.63, 3.8) is 0 Å². The summed E-state index contributed by atoms with van der Waals surface area (Å²) in [6.45, 7) is 0. The van der Waals surface area contributed by atoms with Crippen LogP contribution in [-0.2, 0) is 24.8 Å². The minimum atomic E-state index is -3.14. The third-order valence-corrected chi connectivity index (χ3v) is 10.4. The molecule has 7 nitrogen and oxygen atoms in total. The number of nitrogens with zero attached hydrogens (tertiary/aromatic N) is 2. The highest BCUT2D eigenvalue weighted by molar-refractivity contribution is 7.91. The number of amides is 2. The fraction of sp³-hybridized carbons (Fsp3) is 0.640. The summed E-state index contributed by atoms with van der Waals surface area (Å²) in [7, 11) is -3.14. The number of nitrogens with one attached hydrogen (secondary N) is 1. The van der Waals surface area contributed by atoms with Crippen molar-refractivity contribution in [3.05, 3.63) is 29.8 Å². The second kappa shape index (κ2) is 7.65. The zero-order chi connectivity index (χ0) is 22.8. The fourth-order valence-electron chi connectivity index (χ4n) is 7.56. The summed E-state index contributed by atoms with van der Waals surface area (Å²) in [6, 6.07) is 7.88. The molecule has 0 radical (unpaired) electrons. The summed E-state index contributed by atoms with van der Waals surface area (Å²) >= 11 is 0. The van der Waals surface area contributed by atoms with Gasteiger partial charge >= 0.3 is 0 Å². The van der Waals surface area contributed by atoms with Crippen molar-refractivity contribution >= 4 is 33.1 Å². The van der Waals surface area contributed by atoms with E-state index in [1.54, 1.807) is 0 Å². The maximum absolute atomic E-state index is 12.9. The Labute approximate surface area is 194 Å². The number of anilines is 1. The van der Waals surface area contributed by atoms with Crippen LogP contribution >= 0.6 is 0 Å². The monoisotopic (exact) mass is 469 g/mol. The van der Waals surface area contributed by atoms with Crippen LogP contribution in [0.1, 0.15) is 63.4 Å². The van der Waals surface area contributed by atoms with Gasteiger partial charge < -0.3 is 5.32 Å². The lowest BCUT2D eigenvalue weighted by atomic mass is 9.48. The molecule has 1 saturated heterocycles. The number of hydrogen-bond acceptors (Lipinski definition) is 5. The van der Waals surface area contributed by atoms with Gasteiger partial charge in [-0.05, 0) is 85.8 Å². The highest BCUT2D eigenvalue weighted by atomic mass is 32.2. The molecule has 0 aromatic heterocycles. The summed E-state index contributed by atoms with van der Waals surface area (Å²) < 4.78 is 23.6. The Morgan fingerprint density at radius 2 is 1.64 bits per heavy atom. The van der Waals surface area contributed by atoms with Gasteiger partial charge in [0.2, 0.25) is 5.91 Å². The molecule has 4 aliphatic carbocycles. The summed E-state index contributed by atoms with van der Waals surface area (Å²) in [5.74, 6) is 2.11. The lowest BCUT2D eigenvalue weighted by Crippen LogP contribution is -2.48. The Morgan fingerprint density at radius 3 is 2.21 bits per heavy atom. The Balaban J connectivity index is 1.15. The number of sulfone groups is 1. The van der Waals surface area contributed by atoms with E-state index in [-0.39, 0.29) is 41.9 Å². The first-order valence-electron chi connectivity index (χ1n) is 12.3. The average Bonchev–Trinajstić information content (AvgIpc) is 3.13. The molecule has 0 spiro atoms. The average molecular weight is 470 g/mol. The van der Waals surface area contributed by atoms with Crippen LogP contribution in [0, 0.1) is 17.8 Å². The molecule has 0 unspecified atom stereocenters. The largest absolute Gasteiger partial charge is 0.321 e. The van der Waals surface area contributed by atoms with Crippen LogP contribution in [0.25, 0.3) is 0 Å². The van der Waals surface area contributed by atoms with Crippen molar-refractivity contribution in [1.82, 2.24) is 5.01 Å². The van der Waals surface area contributed by atoms with Crippen molar-refractivity contribution in [2.24, 2.45) is 22.9 Å². The Hall–Kier alpha value is -2.22. The van der Waals surface area contributed by atoms with Crippen LogP contribution in [0.5, 0.6) is 0 Å². The molecular weight excluding hydrogens is 438 g/mol. The van der Waals surface area contributed by atoms with Crippen LogP contribution in [0.15, 0.2) is 29.4 Å². The third kappa shape index (κ3) is 3.90. The first-order chi connectivity index (χ1) is 15.8. The van der Waals surface area contributed by atoms with Gasteiger partial charge in [-0.3, -0.25) is 9.59 Å². The van der Waals surface area contributed by atoms with Crippen LogP contribution in [0.3, 0.4) is 0 Å². The summed E-state index contributed by atoms with van der Waals surface area (Å²) in [6.07, 6.45) is 9.00. The molecule has 33 heavy (non-hydrogen) atoms. The molecule has 5 fully saturated rings. The summed E-state index contributed by atoms with van der Waals surface area (Å²) in [5.41, 5.74) is 2.74. The van der Waals surface area contributed by atoms with E-state index in [4.69, 9.17) is 0 Å². The second-order valence-electron chi connectivity index (χ2n) is 11.1. The van der Waals surface area contributed by atoms with Crippen LogP contribution in [-0.4, -0.2) is 48.5 Å². The van der Waals surface area contributed by atoms with Gasteiger partial charge in [0.1, 0.15) is 5.71 Å². The van der Waals surface area contributed by atoms with Gasteiger partial charge in [0.05, 0.1) is 17.5 Å². The standard InChI is InChI=1S/C25H31N3O4S/c29-23-6-5-22(27-28(23)21-7-8-33(31,32)15-21)24(30)26-20-3-1-19(2-4-20)25-12-16-9-17(13-25)11-18(10-16)14-25/h1-4,16-18,21H,5-15H2,(H,26,30)/t16?,17?,18?,21-,25?/m0/s1. The maximum Gasteiger partial charge on any atom is 0.271 e. The minimum Gasteiger partial charge on any atom is -0.321 e. The number of hydrogen-bond donors (Lipinski definition) is 1. The Kier molecular flexibility index (Phi) is 4.94. The van der Waals surface area contributed by atoms with E-state index < -0.39 is 15.9 Å². The summed E-state index contributed by atoms with van der Waals surface area (Å²) in [4.78, 5) is 25.2. The molecule has 4 saturated carbocycles. The Morgan fingerprint density at radius 1 is 1.00 bits per heavy atom. The molecule has 2 aliphatic heterocycles. The van der Waals surface area contributed by atoms with Crippen molar-refractivity contribution in [2.75, 3.05) is 16.8 Å². The molecule has 1 N–H and O–H groups in total. The van der Waals surface area contributed by atoms with Crippen LogP contribution in [0.4, 0.5) is 5.69 Å². The maximum atomic E-state index is 12.9. The van der Waals surface area contributed by atoms with Gasteiger partial charge in [-0.25, -0.2) is 13.4 Å². The van der Waals surface area contributed by atoms with Gasteiger partial charge in [0.25, 0.3) is 5.91 Å². The van der Waals surface area contributed by atoms with Gasteiger partial charge in [-0.1, -0.05) is 12.1 Å². The molecule has 7 rings (SSSR count). The topological polar surface area (TPSA) is 95.9 Å². The number of carbonyl (C=O) groups excluding carboxylic acids is 2. The van der Waals surface area contributed by atoms with E-state index in [1.807, 2.05) is 12.1 Å². The zero-order valence-corrected chi connectivity index (χ0v) is 19.6. The SMILES string of the molecule is O=C(Nc1ccc(C23CC4CC(CC(C4)C2)C3)cc1)C1=NN([C@H]2CCS(=O)(=O)C2)C(=O)CC1. The smallest absolute Gasteiger partial charge is 0.271 e. The van der Waals surface area contributed by atoms with E-state index in [0.29, 0.717) is 11.8 Å². The van der Waals surface area contributed by atoms with E-state index >= 15 is 0 Å². The molecule has 1 aromatic carbocycles. The van der Waals surface area contributed by atoms with E-state index in [2.05, 4.69) is 22.6 Å². The zero-order valence-electron chi connectivity index (χ0n) is 18.8. The predicted octanol–water partition coefficient (Wildman–Crippen LogP) is 3.26. The molecular formula is C25H31N3O4S. The van der Waals surface area contributed by atoms with Crippen molar-refractivity contribution in [1.29, 1.82) is 0 Å². The first kappa shape index (κ1) is 21.3. The van der Waals surface area contributed by atoms with Gasteiger partial charge in [0, 0.05) is 18.5 Å². The fourth-order valence-corrected chi connectivity index (χ4v) is 9.25. The number of benzene rings is 1. The molecule has 1 atom stereocenters. The lowest BCUT2D eigenvalue weighted by molar-refractivity contribution is -0.133. The van der Waals surface area contributed by atoms with E-state index in [9.17, 15) is 18.0 Å². The quantitative estimate of drug-likeness (QED) is 0.732. The molecule has 8 heteroatoms. The first-order valence-corrected chi connectivity index (χ1v) is 14.1. The second-order valence-corrected chi connectivity index (χ2v) is 13.3. The van der Waals surface area contributed by atoms with Crippen molar-refractivity contribution < 1.29 is 18.0 Å². The highest BCUT2D eigenvalue weighted by Gasteiger charge is 2.51. The lowest BCUT2D eigenvalue weighted by Gasteiger charge is -2.57. The van der Waals surface area contributed by atoms with E-state index in [1.165, 1.54) is 49.1 Å². The Bertz CT molecular complexity index is 1090. The molecule has 1 aromatic rings. The molecule has 6 aliphatic rings.